The first-order chi connectivity index (χ1) is 10.2. The molecule has 114 valence electrons. The van der Waals surface area contributed by atoms with Gasteiger partial charge >= 0.3 is 0 Å². The van der Waals surface area contributed by atoms with Gasteiger partial charge < -0.3 is 20.5 Å². The number of methoxy groups -OCH3 is 1. The fourth-order valence-electron chi connectivity index (χ4n) is 1.66. The molecule has 5 nitrogen and oxygen atoms in total. The van der Waals surface area contributed by atoms with Crippen LogP contribution in [0.15, 0.2) is 18.2 Å². The molecule has 0 atom stereocenters. The molecular weight excluding hydrogens is 268 g/mol. The number of nitrogens with one attached hydrogen (secondary N) is 1. The Morgan fingerprint density at radius 3 is 2.86 bits per heavy atom. The van der Waals surface area contributed by atoms with E-state index in [1.807, 2.05) is 13.0 Å². The molecule has 0 spiro atoms. The van der Waals surface area contributed by atoms with Crippen LogP contribution in [0.4, 0.5) is 5.69 Å². The van der Waals surface area contributed by atoms with Crippen LogP contribution in [-0.4, -0.2) is 32.8 Å². The molecule has 0 fully saturated rings. The third-order valence-corrected chi connectivity index (χ3v) is 2.63. The summed E-state index contributed by atoms with van der Waals surface area (Å²) in [4.78, 5) is 11.9. The minimum atomic E-state index is -0.117. The second-order valence-electron chi connectivity index (χ2n) is 4.33. The van der Waals surface area contributed by atoms with E-state index >= 15 is 0 Å². The van der Waals surface area contributed by atoms with Crippen molar-refractivity contribution in [2.75, 3.05) is 32.2 Å². The molecule has 0 bridgehead atoms. The molecule has 1 amide bonds. The largest absolute Gasteiger partial charge is 0.495 e. The van der Waals surface area contributed by atoms with Gasteiger partial charge in [0.15, 0.2) is 0 Å². The van der Waals surface area contributed by atoms with Gasteiger partial charge in [0.05, 0.1) is 32.4 Å². The topological polar surface area (TPSA) is 73.6 Å². The maximum absolute atomic E-state index is 11.9. The molecule has 1 aromatic carbocycles. The summed E-state index contributed by atoms with van der Waals surface area (Å²) in [5.41, 5.74) is 6.72. The van der Waals surface area contributed by atoms with E-state index in [4.69, 9.17) is 15.2 Å². The molecule has 0 saturated heterocycles. The van der Waals surface area contributed by atoms with Gasteiger partial charge in [-0.15, -0.1) is 0 Å². The lowest BCUT2D eigenvalue weighted by molar-refractivity contribution is -0.117. The number of carbonyl (C=O) groups excluding carboxylic acids is 1. The summed E-state index contributed by atoms with van der Waals surface area (Å²) in [6, 6.07) is 5.36. The normalized spacial score (nSPS) is 9.67. The summed E-state index contributed by atoms with van der Waals surface area (Å²) in [5.74, 6) is 6.17. The fraction of sp³-hybridized carbons (Fsp3) is 0.438. The van der Waals surface area contributed by atoms with Crippen LogP contribution >= 0.6 is 0 Å². The van der Waals surface area contributed by atoms with Crippen molar-refractivity contribution in [3.05, 3.63) is 23.8 Å². The van der Waals surface area contributed by atoms with Gasteiger partial charge in [-0.3, -0.25) is 4.79 Å². The molecule has 21 heavy (non-hydrogen) atoms. The van der Waals surface area contributed by atoms with Gasteiger partial charge in [-0.25, -0.2) is 0 Å². The summed E-state index contributed by atoms with van der Waals surface area (Å²) in [5, 5.41) is 2.81. The Morgan fingerprint density at radius 1 is 1.38 bits per heavy atom. The number of rotatable bonds is 7. The van der Waals surface area contributed by atoms with Crippen LogP contribution in [-0.2, 0) is 9.53 Å². The molecule has 0 radical (unpaired) electrons. The number of hydrogen-bond donors (Lipinski definition) is 2. The minimum Gasteiger partial charge on any atom is -0.495 e. The number of nitrogens with two attached hydrogens (primary N) is 1. The zero-order chi connectivity index (χ0) is 15.5. The molecule has 1 rings (SSSR count). The van der Waals surface area contributed by atoms with Crippen LogP contribution in [0.25, 0.3) is 0 Å². The van der Waals surface area contributed by atoms with E-state index in [0.29, 0.717) is 37.6 Å². The number of anilines is 1. The van der Waals surface area contributed by atoms with Gasteiger partial charge in [-0.05, 0) is 24.6 Å². The summed E-state index contributed by atoms with van der Waals surface area (Å²) >= 11 is 0. The molecule has 0 unspecified atom stereocenters. The standard InChI is InChI=1S/C16H22N2O3/c1-3-10-21-11-8-16(19)18-14-12-13(5-4-9-17)6-7-15(14)20-2/h6-7,12H,3,8-11,17H2,1-2H3,(H,18,19). The number of amides is 1. The lowest BCUT2D eigenvalue weighted by Gasteiger charge is -2.10. The van der Waals surface area contributed by atoms with Gasteiger partial charge in [0, 0.05) is 12.2 Å². The van der Waals surface area contributed by atoms with Crippen LogP contribution in [0.1, 0.15) is 25.3 Å². The Balaban J connectivity index is 2.68. The Hall–Kier alpha value is -2.03. The lowest BCUT2D eigenvalue weighted by atomic mass is 10.2. The highest BCUT2D eigenvalue weighted by Gasteiger charge is 2.08. The Bertz CT molecular complexity index is 518. The molecule has 1 aromatic rings. The molecular formula is C16H22N2O3. The zero-order valence-electron chi connectivity index (χ0n) is 12.6. The van der Waals surface area contributed by atoms with Gasteiger partial charge in [0.25, 0.3) is 0 Å². The predicted octanol–water partition coefficient (Wildman–Crippen LogP) is 1.76. The Labute approximate surface area is 125 Å². The second-order valence-corrected chi connectivity index (χ2v) is 4.33. The highest BCUT2D eigenvalue weighted by atomic mass is 16.5. The molecule has 5 heteroatoms. The number of hydrogen-bond acceptors (Lipinski definition) is 4. The van der Waals surface area contributed by atoms with Crippen LogP contribution < -0.4 is 15.8 Å². The molecule has 0 aromatic heterocycles. The van der Waals surface area contributed by atoms with Crippen molar-refractivity contribution in [3.63, 3.8) is 0 Å². The first-order valence-electron chi connectivity index (χ1n) is 6.95. The van der Waals surface area contributed by atoms with Gasteiger partial charge in [-0.2, -0.15) is 0 Å². The van der Waals surface area contributed by atoms with Gasteiger partial charge in [-0.1, -0.05) is 18.8 Å². The van der Waals surface area contributed by atoms with Crippen LogP contribution in [0.3, 0.4) is 0 Å². The third kappa shape index (κ3) is 6.30. The first-order valence-corrected chi connectivity index (χ1v) is 6.95. The van der Waals surface area contributed by atoms with Crippen molar-refractivity contribution in [2.24, 2.45) is 5.73 Å². The van der Waals surface area contributed by atoms with E-state index in [2.05, 4.69) is 17.2 Å². The van der Waals surface area contributed by atoms with Crippen molar-refractivity contribution in [1.82, 2.24) is 0 Å². The smallest absolute Gasteiger partial charge is 0.226 e. The molecule has 0 heterocycles. The Kier molecular flexibility index (Phi) is 7.95. The lowest BCUT2D eigenvalue weighted by Crippen LogP contribution is -2.15. The molecule has 0 aliphatic rings. The summed E-state index contributed by atoms with van der Waals surface area (Å²) < 4.78 is 10.5. The van der Waals surface area contributed by atoms with Gasteiger partial charge in [0.2, 0.25) is 5.91 Å². The fourth-order valence-corrected chi connectivity index (χ4v) is 1.66. The number of benzene rings is 1. The van der Waals surface area contributed by atoms with Crippen LogP contribution in [0.5, 0.6) is 5.75 Å². The van der Waals surface area contributed by atoms with Crippen LogP contribution in [0, 0.1) is 11.8 Å². The van der Waals surface area contributed by atoms with E-state index in [0.717, 1.165) is 12.0 Å². The van der Waals surface area contributed by atoms with E-state index in [1.165, 1.54) is 0 Å². The zero-order valence-corrected chi connectivity index (χ0v) is 12.6. The van der Waals surface area contributed by atoms with E-state index in [1.54, 1.807) is 19.2 Å². The summed E-state index contributed by atoms with van der Waals surface area (Å²) in [7, 11) is 1.56. The van der Waals surface area contributed by atoms with Crippen molar-refractivity contribution < 1.29 is 14.3 Å². The van der Waals surface area contributed by atoms with Crippen molar-refractivity contribution in [1.29, 1.82) is 0 Å². The molecule has 0 aliphatic carbocycles. The number of carbonyl (C=O) groups is 1. The van der Waals surface area contributed by atoms with Crippen molar-refractivity contribution >= 4 is 11.6 Å². The predicted molar refractivity (Wildman–Crippen MR) is 83.3 cm³/mol. The third-order valence-electron chi connectivity index (χ3n) is 2.63. The highest BCUT2D eigenvalue weighted by molar-refractivity contribution is 5.92. The van der Waals surface area contributed by atoms with E-state index < -0.39 is 0 Å². The maximum atomic E-state index is 11.9. The molecule has 0 saturated carbocycles. The highest BCUT2D eigenvalue weighted by Crippen LogP contribution is 2.25. The molecule has 0 aliphatic heterocycles. The van der Waals surface area contributed by atoms with Gasteiger partial charge in [0.1, 0.15) is 5.75 Å². The minimum absolute atomic E-state index is 0.117. The summed E-state index contributed by atoms with van der Waals surface area (Å²) in [6.07, 6.45) is 1.25. The SMILES string of the molecule is CCCOCCC(=O)Nc1cc(C#CCN)ccc1OC. The monoisotopic (exact) mass is 290 g/mol. The van der Waals surface area contributed by atoms with Crippen LogP contribution in [0.2, 0.25) is 0 Å². The maximum Gasteiger partial charge on any atom is 0.226 e. The average Bonchev–Trinajstić information content (AvgIpc) is 2.50. The van der Waals surface area contributed by atoms with E-state index in [9.17, 15) is 4.79 Å². The Morgan fingerprint density at radius 2 is 2.19 bits per heavy atom. The quantitative estimate of drug-likeness (QED) is 0.593. The first kappa shape index (κ1) is 17.0. The summed E-state index contributed by atoms with van der Waals surface area (Å²) in [6.45, 7) is 3.40. The van der Waals surface area contributed by atoms with Crippen molar-refractivity contribution in [2.45, 2.75) is 19.8 Å². The van der Waals surface area contributed by atoms with E-state index in [-0.39, 0.29) is 5.91 Å². The molecule has 3 N–H and O–H groups in total. The average molecular weight is 290 g/mol. The number of ether oxygens (including phenoxy) is 2. The van der Waals surface area contributed by atoms with Crippen molar-refractivity contribution in [3.8, 4) is 17.6 Å². The second kappa shape index (κ2) is 9.81.